The normalized spacial score (nSPS) is 10.8. The summed E-state index contributed by atoms with van der Waals surface area (Å²) in [6, 6.07) is 9.06. The zero-order valence-electron chi connectivity index (χ0n) is 11.6. The van der Waals surface area contributed by atoms with E-state index >= 15 is 0 Å². The van der Waals surface area contributed by atoms with E-state index in [4.69, 9.17) is 9.52 Å². The molecule has 1 N–H and O–H groups in total. The van der Waals surface area contributed by atoms with Gasteiger partial charge in [-0.1, -0.05) is 23.9 Å². The number of thioether (sulfide) groups is 1. The molecule has 3 rings (SSSR count). The van der Waals surface area contributed by atoms with Gasteiger partial charge in [0, 0.05) is 6.07 Å². The molecule has 1 aromatic carbocycles. The molecule has 0 aliphatic rings. The maximum Gasteiger partial charge on any atom is 0.226 e. The van der Waals surface area contributed by atoms with Crippen LogP contribution in [-0.4, -0.2) is 25.3 Å². The molecular formula is C14H12N4O3S. The summed E-state index contributed by atoms with van der Waals surface area (Å²) in [7, 11) is 0. The fourth-order valence-corrected chi connectivity index (χ4v) is 2.63. The molecule has 0 atom stereocenters. The van der Waals surface area contributed by atoms with Crippen molar-refractivity contribution in [1.82, 2.24) is 20.2 Å². The Morgan fingerprint density at radius 1 is 1.36 bits per heavy atom. The maximum atomic E-state index is 11.4. The zero-order chi connectivity index (χ0) is 15.5. The lowest BCUT2D eigenvalue weighted by molar-refractivity contribution is 0.419. The van der Waals surface area contributed by atoms with Gasteiger partial charge in [-0.3, -0.25) is 4.79 Å². The molecule has 0 unspecified atom stereocenters. The summed E-state index contributed by atoms with van der Waals surface area (Å²) in [5.74, 6) is 0.409. The van der Waals surface area contributed by atoms with Crippen LogP contribution in [0, 0.1) is 6.92 Å². The molecule has 112 valence electrons. The van der Waals surface area contributed by atoms with E-state index in [1.54, 1.807) is 4.68 Å². The molecule has 0 bridgehead atoms. The summed E-state index contributed by atoms with van der Waals surface area (Å²) in [4.78, 5) is 11.4. The summed E-state index contributed by atoms with van der Waals surface area (Å²) < 4.78 is 6.77. The van der Waals surface area contributed by atoms with Crippen molar-refractivity contribution >= 4 is 11.8 Å². The van der Waals surface area contributed by atoms with E-state index in [1.807, 2.05) is 31.2 Å². The lowest BCUT2D eigenvalue weighted by atomic mass is 10.2. The van der Waals surface area contributed by atoms with Crippen molar-refractivity contribution < 1.29 is 9.52 Å². The first-order chi connectivity index (χ1) is 10.6. The maximum absolute atomic E-state index is 11.4. The Balaban J connectivity index is 1.81. The number of hydrogen-bond donors (Lipinski definition) is 1. The topological polar surface area (TPSA) is 94.0 Å². The fraction of sp³-hybridized carbons (Fsp3) is 0.143. The Hall–Kier alpha value is -2.61. The highest BCUT2D eigenvalue weighted by Gasteiger charge is 2.11. The van der Waals surface area contributed by atoms with Crippen LogP contribution >= 0.6 is 11.8 Å². The highest BCUT2D eigenvalue weighted by molar-refractivity contribution is 7.98. The molecular weight excluding hydrogens is 304 g/mol. The third-order valence-electron chi connectivity index (χ3n) is 2.90. The van der Waals surface area contributed by atoms with Crippen molar-refractivity contribution in [2.24, 2.45) is 0 Å². The lowest BCUT2D eigenvalue weighted by Gasteiger charge is -2.04. The molecule has 0 spiro atoms. The van der Waals surface area contributed by atoms with Gasteiger partial charge in [-0.15, -0.1) is 5.10 Å². The van der Waals surface area contributed by atoms with Gasteiger partial charge in [0.05, 0.1) is 11.4 Å². The number of aromatic nitrogens is 4. The summed E-state index contributed by atoms with van der Waals surface area (Å²) in [5.41, 5.74) is 1.49. The second-order valence-electron chi connectivity index (χ2n) is 4.60. The smallest absolute Gasteiger partial charge is 0.226 e. The standard InChI is InChI=1S/C14H12N4O3S/c1-9-3-2-4-10(5-9)18-14(15-16-17-18)22-8-11-6-12(19)13(20)7-21-11/h2-7,20H,8H2,1H3. The lowest BCUT2D eigenvalue weighted by Crippen LogP contribution is -2.01. The van der Waals surface area contributed by atoms with E-state index in [9.17, 15) is 4.79 Å². The van der Waals surface area contributed by atoms with Crippen LogP contribution in [0.4, 0.5) is 0 Å². The largest absolute Gasteiger partial charge is 0.502 e. The van der Waals surface area contributed by atoms with Crippen LogP contribution in [0.3, 0.4) is 0 Å². The third-order valence-corrected chi connectivity index (χ3v) is 3.84. The number of aryl methyl sites for hydroxylation is 1. The van der Waals surface area contributed by atoms with Crippen LogP contribution in [-0.2, 0) is 5.75 Å². The molecule has 0 saturated carbocycles. The molecule has 0 aliphatic carbocycles. The van der Waals surface area contributed by atoms with E-state index in [0.717, 1.165) is 17.5 Å². The van der Waals surface area contributed by atoms with Crippen molar-refractivity contribution in [2.75, 3.05) is 0 Å². The van der Waals surface area contributed by atoms with Gasteiger partial charge in [0.15, 0.2) is 5.75 Å². The molecule has 2 heterocycles. The molecule has 22 heavy (non-hydrogen) atoms. The quantitative estimate of drug-likeness (QED) is 0.735. The van der Waals surface area contributed by atoms with Crippen molar-refractivity contribution in [2.45, 2.75) is 17.8 Å². The van der Waals surface area contributed by atoms with E-state index in [0.29, 0.717) is 16.7 Å². The predicted octanol–water partition coefficient (Wildman–Crippen LogP) is 1.92. The van der Waals surface area contributed by atoms with Gasteiger partial charge < -0.3 is 9.52 Å². The predicted molar refractivity (Wildman–Crippen MR) is 80.1 cm³/mol. The van der Waals surface area contributed by atoms with Gasteiger partial charge in [0.25, 0.3) is 0 Å². The summed E-state index contributed by atoms with van der Waals surface area (Å²) in [6.07, 6.45) is 1.03. The SMILES string of the molecule is Cc1cccc(-n2nnnc2SCc2cc(=O)c(O)co2)c1. The fourth-order valence-electron chi connectivity index (χ4n) is 1.85. The molecule has 8 heteroatoms. The van der Waals surface area contributed by atoms with Crippen LogP contribution < -0.4 is 5.43 Å². The Bertz CT molecular complexity index is 859. The van der Waals surface area contributed by atoms with Gasteiger partial charge in [-0.2, -0.15) is 4.68 Å². The number of tetrazole rings is 1. The van der Waals surface area contributed by atoms with Gasteiger partial charge in [0.2, 0.25) is 10.6 Å². The summed E-state index contributed by atoms with van der Waals surface area (Å²) in [6.45, 7) is 1.99. The molecule has 0 amide bonds. The Kier molecular flexibility index (Phi) is 3.92. The van der Waals surface area contributed by atoms with Crippen LogP contribution in [0.1, 0.15) is 11.3 Å². The zero-order valence-corrected chi connectivity index (χ0v) is 12.4. The van der Waals surface area contributed by atoms with Crippen molar-refractivity contribution in [3.63, 3.8) is 0 Å². The average Bonchev–Trinajstić information content (AvgIpc) is 2.97. The number of hydrogen-bond acceptors (Lipinski definition) is 7. The number of benzene rings is 1. The third kappa shape index (κ3) is 3.01. The minimum Gasteiger partial charge on any atom is -0.502 e. The molecule has 2 aromatic heterocycles. The van der Waals surface area contributed by atoms with Gasteiger partial charge in [0.1, 0.15) is 12.0 Å². The highest BCUT2D eigenvalue weighted by Crippen LogP contribution is 2.22. The molecule has 0 saturated heterocycles. The van der Waals surface area contributed by atoms with E-state index in [-0.39, 0.29) is 0 Å². The Morgan fingerprint density at radius 3 is 3.00 bits per heavy atom. The monoisotopic (exact) mass is 316 g/mol. The van der Waals surface area contributed by atoms with Crippen LogP contribution in [0.5, 0.6) is 5.75 Å². The second kappa shape index (κ2) is 6.02. The van der Waals surface area contributed by atoms with E-state index in [2.05, 4.69) is 15.5 Å². The minimum atomic E-state index is -0.472. The van der Waals surface area contributed by atoms with Crippen LogP contribution in [0.15, 0.2) is 51.0 Å². The van der Waals surface area contributed by atoms with Crippen molar-refractivity contribution in [3.05, 3.63) is 58.1 Å². The highest BCUT2D eigenvalue weighted by atomic mass is 32.2. The first-order valence-corrected chi connectivity index (χ1v) is 7.41. The van der Waals surface area contributed by atoms with Crippen molar-refractivity contribution in [1.29, 1.82) is 0 Å². The van der Waals surface area contributed by atoms with Gasteiger partial charge in [-0.25, -0.2) is 0 Å². The summed E-state index contributed by atoms with van der Waals surface area (Å²) in [5, 5.41) is 21.4. The van der Waals surface area contributed by atoms with Crippen LogP contribution in [0.25, 0.3) is 5.69 Å². The number of rotatable bonds is 4. The average molecular weight is 316 g/mol. The number of aromatic hydroxyl groups is 1. The Labute approximate surface area is 129 Å². The first kappa shape index (κ1) is 14.3. The molecule has 0 aliphatic heterocycles. The molecule has 0 fully saturated rings. The Morgan fingerprint density at radius 2 is 2.23 bits per heavy atom. The summed E-state index contributed by atoms with van der Waals surface area (Å²) >= 11 is 1.33. The number of nitrogens with zero attached hydrogens (tertiary/aromatic N) is 4. The minimum absolute atomic E-state index is 0.377. The molecule has 0 radical (unpaired) electrons. The van der Waals surface area contributed by atoms with E-state index in [1.165, 1.54) is 17.8 Å². The molecule has 3 aromatic rings. The van der Waals surface area contributed by atoms with Gasteiger partial charge >= 0.3 is 0 Å². The van der Waals surface area contributed by atoms with Crippen molar-refractivity contribution in [3.8, 4) is 11.4 Å². The molecule has 7 nitrogen and oxygen atoms in total. The van der Waals surface area contributed by atoms with Gasteiger partial charge in [-0.05, 0) is 35.0 Å². The first-order valence-electron chi connectivity index (χ1n) is 6.42. The second-order valence-corrected chi connectivity index (χ2v) is 5.54. The van der Waals surface area contributed by atoms with E-state index < -0.39 is 11.2 Å². The van der Waals surface area contributed by atoms with Crippen LogP contribution in [0.2, 0.25) is 0 Å².